The SMILES string of the molecule is COCC(O)CCNc1ccc(C(F)(F)F)cc1F. The number of methoxy groups -OCH3 is 1. The number of rotatable bonds is 6. The van der Waals surface area contributed by atoms with Gasteiger partial charge in [-0.05, 0) is 24.6 Å². The van der Waals surface area contributed by atoms with Crippen LogP contribution in [0.5, 0.6) is 0 Å². The molecule has 108 valence electrons. The van der Waals surface area contributed by atoms with Crippen LogP contribution < -0.4 is 5.32 Å². The molecule has 7 heteroatoms. The Hall–Kier alpha value is -1.34. The zero-order valence-electron chi connectivity index (χ0n) is 10.3. The number of hydrogen-bond acceptors (Lipinski definition) is 3. The van der Waals surface area contributed by atoms with E-state index in [1.165, 1.54) is 7.11 Å². The van der Waals surface area contributed by atoms with Crippen LogP contribution in [0.15, 0.2) is 18.2 Å². The summed E-state index contributed by atoms with van der Waals surface area (Å²) < 4.78 is 55.0. The number of nitrogens with one attached hydrogen (secondary N) is 1. The number of aliphatic hydroxyl groups excluding tert-OH is 1. The Morgan fingerprint density at radius 1 is 1.37 bits per heavy atom. The lowest BCUT2D eigenvalue weighted by Crippen LogP contribution is -2.18. The van der Waals surface area contributed by atoms with Gasteiger partial charge in [0.05, 0.1) is 24.0 Å². The van der Waals surface area contributed by atoms with Gasteiger partial charge in [0, 0.05) is 13.7 Å². The monoisotopic (exact) mass is 281 g/mol. The third-order valence-corrected chi connectivity index (χ3v) is 2.45. The van der Waals surface area contributed by atoms with Gasteiger partial charge in [0.1, 0.15) is 5.82 Å². The smallest absolute Gasteiger partial charge is 0.391 e. The van der Waals surface area contributed by atoms with Crippen molar-refractivity contribution in [1.29, 1.82) is 0 Å². The first-order valence-corrected chi connectivity index (χ1v) is 5.62. The van der Waals surface area contributed by atoms with Crippen molar-refractivity contribution in [2.45, 2.75) is 18.7 Å². The molecule has 1 aromatic carbocycles. The molecule has 1 aromatic rings. The maximum atomic E-state index is 13.4. The van der Waals surface area contributed by atoms with Gasteiger partial charge in [-0.1, -0.05) is 0 Å². The van der Waals surface area contributed by atoms with Crippen molar-refractivity contribution in [2.24, 2.45) is 0 Å². The number of ether oxygens (including phenoxy) is 1. The molecule has 0 spiro atoms. The fourth-order valence-electron chi connectivity index (χ4n) is 1.48. The zero-order valence-corrected chi connectivity index (χ0v) is 10.3. The van der Waals surface area contributed by atoms with Crippen LogP contribution in [0.4, 0.5) is 23.2 Å². The molecule has 0 aliphatic carbocycles. The van der Waals surface area contributed by atoms with Gasteiger partial charge in [0.25, 0.3) is 0 Å². The normalized spacial score (nSPS) is 13.4. The average Bonchev–Trinajstić information content (AvgIpc) is 2.30. The summed E-state index contributed by atoms with van der Waals surface area (Å²) >= 11 is 0. The second-order valence-corrected chi connectivity index (χ2v) is 4.02. The molecule has 1 atom stereocenters. The van der Waals surface area contributed by atoms with Gasteiger partial charge in [-0.2, -0.15) is 13.2 Å². The van der Waals surface area contributed by atoms with Gasteiger partial charge in [-0.15, -0.1) is 0 Å². The Kier molecular flexibility index (Phi) is 5.56. The van der Waals surface area contributed by atoms with Crippen LogP contribution in [-0.4, -0.2) is 31.5 Å². The van der Waals surface area contributed by atoms with Crippen LogP contribution >= 0.6 is 0 Å². The van der Waals surface area contributed by atoms with Crippen molar-refractivity contribution in [2.75, 3.05) is 25.6 Å². The molecule has 3 nitrogen and oxygen atoms in total. The first-order chi connectivity index (χ1) is 8.84. The number of anilines is 1. The zero-order chi connectivity index (χ0) is 14.5. The third kappa shape index (κ3) is 5.04. The predicted molar refractivity (Wildman–Crippen MR) is 62.4 cm³/mol. The van der Waals surface area contributed by atoms with Crippen molar-refractivity contribution >= 4 is 5.69 Å². The minimum absolute atomic E-state index is 0.0300. The molecule has 0 fully saturated rings. The highest BCUT2D eigenvalue weighted by Crippen LogP contribution is 2.31. The predicted octanol–water partition coefficient (Wildman–Crippen LogP) is 2.65. The lowest BCUT2D eigenvalue weighted by atomic mass is 10.2. The molecule has 0 radical (unpaired) electrons. The van der Waals surface area contributed by atoms with E-state index in [1.807, 2.05) is 0 Å². The molecule has 0 heterocycles. The Morgan fingerprint density at radius 3 is 2.58 bits per heavy atom. The van der Waals surface area contributed by atoms with Gasteiger partial charge in [0.15, 0.2) is 0 Å². The van der Waals surface area contributed by atoms with Crippen LogP contribution in [0.1, 0.15) is 12.0 Å². The summed E-state index contributed by atoms with van der Waals surface area (Å²) in [6.07, 6.45) is -4.96. The van der Waals surface area contributed by atoms with Crippen LogP contribution in [0, 0.1) is 5.82 Å². The molecular weight excluding hydrogens is 266 g/mol. The van der Waals surface area contributed by atoms with Crippen molar-refractivity contribution in [3.8, 4) is 0 Å². The highest BCUT2D eigenvalue weighted by molar-refractivity contribution is 5.46. The first kappa shape index (κ1) is 15.7. The minimum Gasteiger partial charge on any atom is -0.391 e. The molecule has 2 N–H and O–H groups in total. The molecule has 1 unspecified atom stereocenters. The van der Waals surface area contributed by atoms with E-state index in [0.717, 1.165) is 12.1 Å². The van der Waals surface area contributed by atoms with Crippen LogP contribution in [-0.2, 0) is 10.9 Å². The minimum atomic E-state index is -4.56. The van der Waals surface area contributed by atoms with Crippen molar-refractivity contribution in [3.05, 3.63) is 29.6 Å². The van der Waals surface area contributed by atoms with Crippen LogP contribution in [0.2, 0.25) is 0 Å². The summed E-state index contributed by atoms with van der Waals surface area (Å²) in [5.74, 6) is -0.976. The van der Waals surface area contributed by atoms with Crippen molar-refractivity contribution in [1.82, 2.24) is 0 Å². The molecule has 0 aliphatic heterocycles. The Balaban J connectivity index is 2.56. The quantitative estimate of drug-likeness (QED) is 0.788. The second-order valence-electron chi connectivity index (χ2n) is 4.02. The summed E-state index contributed by atoms with van der Waals surface area (Å²) in [7, 11) is 1.44. The molecule has 0 saturated carbocycles. The van der Waals surface area contributed by atoms with E-state index in [1.54, 1.807) is 0 Å². The molecule has 1 rings (SSSR count). The Morgan fingerprint density at radius 2 is 2.05 bits per heavy atom. The van der Waals surface area contributed by atoms with Crippen LogP contribution in [0.3, 0.4) is 0 Å². The van der Waals surface area contributed by atoms with E-state index >= 15 is 0 Å². The average molecular weight is 281 g/mol. The lowest BCUT2D eigenvalue weighted by Gasteiger charge is -2.13. The number of alkyl halides is 3. The molecule has 19 heavy (non-hydrogen) atoms. The molecular formula is C12H15F4NO2. The molecule has 0 saturated heterocycles. The number of benzene rings is 1. The van der Waals surface area contributed by atoms with E-state index in [0.29, 0.717) is 12.5 Å². The standard InChI is InChI=1S/C12H15F4NO2/c1-19-7-9(18)4-5-17-11-3-2-8(6-10(11)13)12(14,15)16/h2-3,6,9,17-18H,4-5,7H2,1H3. The van der Waals surface area contributed by atoms with Gasteiger partial charge in [-0.3, -0.25) is 0 Å². The third-order valence-electron chi connectivity index (χ3n) is 2.45. The summed E-state index contributed by atoms with van der Waals surface area (Å²) in [6, 6.07) is 2.27. The molecule has 0 aromatic heterocycles. The van der Waals surface area contributed by atoms with Crippen molar-refractivity contribution in [3.63, 3.8) is 0 Å². The highest BCUT2D eigenvalue weighted by Gasteiger charge is 2.31. The van der Waals surface area contributed by atoms with E-state index in [9.17, 15) is 22.7 Å². The van der Waals surface area contributed by atoms with E-state index in [2.05, 4.69) is 5.32 Å². The second kappa shape index (κ2) is 6.72. The summed E-state index contributed by atoms with van der Waals surface area (Å²) in [6.45, 7) is 0.379. The van der Waals surface area contributed by atoms with E-state index < -0.39 is 23.7 Å². The van der Waals surface area contributed by atoms with Gasteiger partial charge >= 0.3 is 6.18 Å². The molecule has 0 aliphatic rings. The summed E-state index contributed by atoms with van der Waals surface area (Å²) in [4.78, 5) is 0. The number of aliphatic hydroxyl groups is 1. The van der Waals surface area contributed by atoms with Crippen LogP contribution in [0.25, 0.3) is 0 Å². The maximum Gasteiger partial charge on any atom is 0.416 e. The summed E-state index contributed by atoms with van der Waals surface area (Å²) in [5, 5.41) is 12.0. The fourth-order valence-corrected chi connectivity index (χ4v) is 1.48. The first-order valence-electron chi connectivity index (χ1n) is 5.62. The Bertz CT molecular complexity index is 409. The van der Waals surface area contributed by atoms with E-state index in [4.69, 9.17) is 4.74 Å². The maximum absolute atomic E-state index is 13.4. The molecule has 0 amide bonds. The fraction of sp³-hybridized carbons (Fsp3) is 0.500. The largest absolute Gasteiger partial charge is 0.416 e. The van der Waals surface area contributed by atoms with Gasteiger partial charge in [0.2, 0.25) is 0 Å². The molecule has 0 bridgehead atoms. The van der Waals surface area contributed by atoms with Gasteiger partial charge < -0.3 is 15.2 Å². The highest BCUT2D eigenvalue weighted by atomic mass is 19.4. The lowest BCUT2D eigenvalue weighted by molar-refractivity contribution is -0.137. The van der Waals surface area contributed by atoms with Crippen molar-refractivity contribution < 1.29 is 27.4 Å². The number of hydrogen-bond donors (Lipinski definition) is 2. The van der Waals surface area contributed by atoms with E-state index in [-0.39, 0.29) is 18.8 Å². The van der Waals surface area contributed by atoms with Gasteiger partial charge in [-0.25, -0.2) is 4.39 Å². The Labute approximate surface area is 108 Å². The topological polar surface area (TPSA) is 41.5 Å². The number of halogens is 4. The summed E-state index contributed by atoms with van der Waals surface area (Å²) in [5.41, 5.74) is -1.06.